The molecule has 110 valence electrons. The molecule has 1 aliphatic rings. The maximum absolute atomic E-state index is 11.7. The Balaban J connectivity index is 1.79. The van der Waals surface area contributed by atoms with Gasteiger partial charge in [-0.25, -0.2) is 0 Å². The second-order valence-corrected chi connectivity index (χ2v) is 5.87. The number of hydrogen-bond donors (Lipinski definition) is 2. The molecule has 20 heavy (non-hydrogen) atoms. The highest BCUT2D eigenvalue weighted by molar-refractivity contribution is 5.76. The van der Waals surface area contributed by atoms with E-state index in [0.717, 1.165) is 25.8 Å². The van der Waals surface area contributed by atoms with Crippen LogP contribution in [-0.4, -0.2) is 18.5 Å². The average Bonchev–Trinajstić information content (AvgIpc) is 2.81. The largest absolute Gasteiger partial charge is 0.354 e. The Morgan fingerprint density at radius 2 is 2.25 bits per heavy atom. The molecule has 0 aliphatic heterocycles. The molecule has 0 heterocycles. The topological polar surface area (TPSA) is 41.1 Å². The van der Waals surface area contributed by atoms with Crippen LogP contribution in [-0.2, 0) is 11.2 Å². The van der Waals surface area contributed by atoms with Gasteiger partial charge in [0.2, 0.25) is 5.91 Å². The minimum absolute atomic E-state index is 0.148. The lowest BCUT2D eigenvalue weighted by Crippen LogP contribution is -2.34. The molecule has 0 aromatic heterocycles. The first kappa shape index (κ1) is 15.0. The number of nitrogens with one attached hydrogen (secondary N) is 2. The molecule has 1 amide bonds. The van der Waals surface area contributed by atoms with E-state index in [2.05, 4.69) is 42.7 Å². The van der Waals surface area contributed by atoms with Crippen molar-refractivity contribution in [3.8, 4) is 0 Å². The average molecular weight is 274 g/mol. The SMILES string of the molecule is CCC(C)NC(=O)CCNC1CCc2ccc(C)cc21. The Bertz CT molecular complexity index is 470. The van der Waals surface area contributed by atoms with Crippen LogP contribution in [0, 0.1) is 6.92 Å². The number of amides is 1. The zero-order valence-corrected chi connectivity index (χ0v) is 12.8. The van der Waals surface area contributed by atoms with Crippen molar-refractivity contribution in [1.29, 1.82) is 0 Å². The van der Waals surface area contributed by atoms with Crippen molar-refractivity contribution in [3.63, 3.8) is 0 Å². The summed E-state index contributed by atoms with van der Waals surface area (Å²) >= 11 is 0. The van der Waals surface area contributed by atoms with Gasteiger partial charge in [0.1, 0.15) is 0 Å². The summed E-state index contributed by atoms with van der Waals surface area (Å²) in [6.07, 6.45) is 3.83. The van der Waals surface area contributed by atoms with Crippen LogP contribution >= 0.6 is 0 Å². The number of fused-ring (bicyclic) bond motifs is 1. The molecule has 0 saturated carbocycles. The molecule has 2 unspecified atom stereocenters. The van der Waals surface area contributed by atoms with Gasteiger partial charge in [0.05, 0.1) is 0 Å². The lowest BCUT2D eigenvalue weighted by Gasteiger charge is -2.15. The van der Waals surface area contributed by atoms with E-state index in [1.165, 1.54) is 16.7 Å². The van der Waals surface area contributed by atoms with E-state index in [4.69, 9.17) is 0 Å². The van der Waals surface area contributed by atoms with Crippen LogP contribution in [0.2, 0.25) is 0 Å². The third kappa shape index (κ3) is 3.83. The summed E-state index contributed by atoms with van der Waals surface area (Å²) in [5, 5.41) is 6.53. The summed E-state index contributed by atoms with van der Waals surface area (Å²) in [6, 6.07) is 7.39. The Kier molecular flexibility index (Phi) is 5.18. The van der Waals surface area contributed by atoms with Gasteiger partial charge in [0, 0.05) is 25.0 Å². The number of carbonyl (C=O) groups excluding carboxylic acids is 1. The highest BCUT2D eigenvalue weighted by Gasteiger charge is 2.21. The number of aryl methyl sites for hydroxylation is 2. The van der Waals surface area contributed by atoms with Crippen molar-refractivity contribution >= 4 is 5.91 Å². The molecule has 3 nitrogen and oxygen atoms in total. The molecule has 3 heteroatoms. The Hall–Kier alpha value is -1.35. The van der Waals surface area contributed by atoms with Crippen LogP contribution in [0.25, 0.3) is 0 Å². The summed E-state index contributed by atoms with van der Waals surface area (Å²) in [7, 11) is 0. The van der Waals surface area contributed by atoms with Gasteiger partial charge in [-0.3, -0.25) is 4.79 Å². The molecular weight excluding hydrogens is 248 g/mol. The molecule has 1 aliphatic carbocycles. The zero-order chi connectivity index (χ0) is 14.5. The van der Waals surface area contributed by atoms with Gasteiger partial charge in [-0.05, 0) is 44.2 Å². The number of hydrogen-bond acceptors (Lipinski definition) is 2. The van der Waals surface area contributed by atoms with E-state index in [1.807, 2.05) is 6.92 Å². The zero-order valence-electron chi connectivity index (χ0n) is 12.8. The van der Waals surface area contributed by atoms with Crippen LogP contribution in [0.15, 0.2) is 18.2 Å². The van der Waals surface area contributed by atoms with Crippen LogP contribution in [0.5, 0.6) is 0 Å². The van der Waals surface area contributed by atoms with Gasteiger partial charge in [-0.2, -0.15) is 0 Å². The lowest BCUT2D eigenvalue weighted by molar-refractivity contribution is -0.121. The standard InChI is InChI=1S/C17H26N2O/c1-4-13(3)19-17(20)9-10-18-16-8-7-14-6-5-12(2)11-15(14)16/h5-6,11,13,16,18H,4,7-10H2,1-3H3,(H,19,20). The first-order valence-electron chi connectivity index (χ1n) is 7.72. The van der Waals surface area contributed by atoms with E-state index < -0.39 is 0 Å². The van der Waals surface area contributed by atoms with Crippen LogP contribution < -0.4 is 10.6 Å². The monoisotopic (exact) mass is 274 g/mol. The van der Waals surface area contributed by atoms with E-state index in [-0.39, 0.29) is 11.9 Å². The number of benzene rings is 1. The van der Waals surface area contributed by atoms with E-state index >= 15 is 0 Å². The molecule has 0 spiro atoms. The molecule has 1 aromatic rings. The fourth-order valence-electron chi connectivity index (χ4n) is 2.74. The highest BCUT2D eigenvalue weighted by Crippen LogP contribution is 2.31. The number of rotatable bonds is 6. The van der Waals surface area contributed by atoms with Gasteiger partial charge in [-0.1, -0.05) is 30.7 Å². The summed E-state index contributed by atoms with van der Waals surface area (Å²) in [5.74, 6) is 0.148. The quantitative estimate of drug-likeness (QED) is 0.837. The van der Waals surface area contributed by atoms with Crippen molar-refractivity contribution in [1.82, 2.24) is 10.6 Å². The van der Waals surface area contributed by atoms with Gasteiger partial charge >= 0.3 is 0 Å². The Morgan fingerprint density at radius 1 is 1.45 bits per heavy atom. The molecule has 2 atom stereocenters. The van der Waals surface area contributed by atoms with Crippen molar-refractivity contribution in [2.45, 2.75) is 58.5 Å². The second kappa shape index (κ2) is 6.89. The predicted octanol–water partition coefficient (Wildman–Crippen LogP) is 2.88. The molecule has 0 bridgehead atoms. The first-order chi connectivity index (χ1) is 9.60. The minimum Gasteiger partial charge on any atom is -0.354 e. The van der Waals surface area contributed by atoms with Gasteiger partial charge < -0.3 is 10.6 Å². The minimum atomic E-state index is 0.148. The molecular formula is C17H26N2O. The molecule has 0 saturated heterocycles. The summed E-state index contributed by atoms with van der Waals surface area (Å²) < 4.78 is 0. The predicted molar refractivity (Wildman–Crippen MR) is 82.8 cm³/mol. The van der Waals surface area contributed by atoms with Crippen molar-refractivity contribution in [2.75, 3.05) is 6.54 Å². The summed E-state index contributed by atoms with van der Waals surface area (Å²) in [5.41, 5.74) is 4.19. The fourth-order valence-corrected chi connectivity index (χ4v) is 2.74. The van der Waals surface area contributed by atoms with E-state index in [9.17, 15) is 4.79 Å². The Morgan fingerprint density at radius 3 is 3.00 bits per heavy atom. The lowest BCUT2D eigenvalue weighted by atomic mass is 10.1. The molecule has 2 N–H and O–H groups in total. The van der Waals surface area contributed by atoms with Crippen LogP contribution in [0.3, 0.4) is 0 Å². The van der Waals surface area contributed by atoms with Crippen molar-refractivity contribution < 1.29 is 4.79 Å². The summed E-state index contributed by atoms with van der Waals surface area (Å²) in [4.78, 5) is 11.7. The van der Waals surface area contributed by atoms with E-state index in [0.29, 0.717) is 12.5 Å². The molecule has 2 rings (SSSR count). The van der Waals surface area contributed by atoms with Gasteiger partial charge in [-0.15, -0.1) is 0 Å². The van der Waals surface area contributed by atoms with Gasteiger partial charge in [0.25, 0.3) is 0 Å². The van der Waals surface area contributed by atoms with Crippen molar-refractivity contribution in [3.05, 3.63) is 34.9 Å². The maximum atomic E-state index is 11.7. The van der Waals surface area contributed by atoms with Crippen LogP contribution in [0.1, 0.15) is 55.8 Å². The van der Waals surface area contributed by atoms with E-state index in [1.54, 1.807) is 0 Å². The fraction of sp³-hybridized carbons (Fsp3) is 0.588. The first-order valence-corrected chi connectivity index (χ1v) is 7.72. The molecule has 0 radical (unpaired) electrons. The smallest absolute Gasteiger partial charge is 0.221 e. The molecule has 0 fully saturated rings. The number of carbonyl (C=O) groups is 1. The van der Waals surface area contributed by atoms with Crippen molar-refractivity contribution in [2.24, 2.45) is 0 Å². The highest BCUT2D eigenvalue weighted by atomic mass is 16.1. The van der Waals surface area contributed by atoms with Gasteiger partial charge in [0.15, 0.2) is 0 Å². The molecule has 1 aromatic carbocycles. The second-order valence-electron chi connectivity index (χ2n) is 5.87. The third-order valence-electron chi connectivity index (χ3n) is 4.14. The third-order valence-corrected chi connectivity index (χ3v) is 4.14. The maximum Gasteiger partial charge on any atom is 0.221 e. The van der Waals surface area contributed by atoms with Crippen LogP contribution in [0.4, 0.5) is 0 Å². The normalized spacial score (nSPS) is 18.6. The Labute approximate surface area is 122 Å². The summed E-state index contributed by atoms with van der Waals surface area (Å²) in [6.45, 7) is 7.01.